The molecule has 0 saturated heterocycles. The Hall–Kier alpha value is -2.88. The van der Waals surface area contributed by atoms with Crippen LogP contribution in [-0.4, -0.2) is 21.5 Å². The third-order valence-electron chi connectivity index (χ3n) is 5.45. The van der Waals surface area contributed by atoms with Crippen LogP contribution in [-0.2, 0) is 12.8 Å². The van der Waals surface area contributed by atoms with Gasteiger partial charge >= 0.3 is 0 Å². The molecule has 0 saturated carbocycles. The lowest BCUT2D eigenvalue weighted by molar-refractivity contribution is 0.0934. The first-order chi connectivity index (χ1) is 13.1. The largest absolute Gasteiger partial charge is 0.349 e. The van der Waals surface area contributed by atoms with E-state index < -0.39 is 0 Å². The van der Waals surface area contributed by atoms with Crippen LogP contribution >= 0.6 is 0 Å². The van der Waals surface area contributed by atoms with E-state index in [-0.39, 0.29) is 11.9 Å². The van der Waals surface area contributed by atoms with Crippen molar-refractivity contribution < 1.29 is 4.79 Å². The van der Waals surface area contributed by atoms with E-state index >= 15 is 0 Å². The number of amides is 1. The number of fused-ring (bicyclic) bond motifs is 1. The summed E-state index contributed by atoms with van der Waals surface area (Å²) >= 11 is 0. The summed E-state index contributed by atoms with van der Waals surface area (Å²) in [4.78, 5) is 17.5. The van der Waals surface area contributed by atoms with Gasteiger partial charge in [0.25, 0.3) is 5.91 Å². The lowest BCUT2D eigenvalue weighted by atomic mass is 10.1. The number of nitrogens with zero attached hydrogens (tertiary/aromatic N) is 2. The molecule has 0 bridgehead atoms. The van der Waals surface area contributed by atoms with Gasteiger partial charge in [-0.1, -0.05) is 24.3 Å². The minimum absolute atomic E-state index is 0.00895. The van der Waals surface area contributed by atoms with E-state index in [1.807, 2.05) is 50.4 Å². The van der Waals surface area contributed by atoms with E-state index in [4.69, 9.17) is 0 Å². The monoisotopic (exact) mass is 359 g/mol. The molecule has 1 N–H and O–H groups in total. The number of hydrogen-bond acceptors (Lipinski definition) is 2. The minimum atomic E-state index is 0.00895. The van der Waals surface area contributed by atoms with Crippen molar-refractivity contribution in [1.82, 2.24) is 14.9 Å². The van der Waals surface area contributed by atoms with Gasteiger partial charge in [0.15, 0.2) is 0 Å². The van der Waals surface area contributed by atoms with Crippen molar-refractivity contribution in [1.29, 1.82) is 0 Å². The summed E-state index contributed by atoms with van der Waals surface area (Å²) in [7, 11) is 0. The topological polar surface area (TPSA) is 46.9 Å². The fourth-order valence-corrected chi connectivity index (χ4v) is 4.11. The molecule has 1 atom stereocenters. The van der Waals surface area contributed by atoms with Crippen LogP contribution in [0.5, 0.6) is 0 Å². The Morgan fingerprint density at radius 2 is 1.96 bits per heavy atom. The normalized spacial score (nSPS) is 16.4. The van der Waals surface area contributed by atoms with Crippen molar-refractivity contribution in [3.8, 4) is 5.69 Å². The highest BCUT2D eigenvalue weighted by molar-refractivity contribution is 5.96. The van der Waals surface area contributed by atoms with E-state index in [1.54, 1.807) is 0 Å². The molecule has 0 fully saturated rings. The molecule has 138 valence electrons. The number of nitrogens with one attached hydrogen (secondary N) is 1. The quantitative estimate of drug-likeness (QED) is 0.714. The molecule has 0 aliphatic heterocycles. The van der Waals surface area contributed by atoms with Gasteiger partial charge in [0.05, 0.1) is 5.56 Å². The van der Waals surface area contributed by atoms with E-state index in [2.05, 4.69) is 33.1 Å². The average Bonchev–Trinajstić information content (AvgIpc) is 2.85. The molecule has 1 aliphatic rings. The lowest BCUT2D eigenvalue weighted by Gasteiger charge is -2.17. The molecular weight excluding hydrogens is 334 g/mol. The van der Waals surface area contributed by atoms with Crippen LogP contribution in [0.3, 0.4) is 0 Å². The zero-order valence-electron chi connectivity index (χ0n) is 15.9. The average molecular weight is 359 g/mol. The summed E-state index contributed by atoms with van der Waals surface area (Å²) in [6.07, 6.45) is 5.75. The number of aryl methyl sites for hydroxylation is 2. The number of para-hydroxylation sites is 1. The first kappa shape index (κ1) is 17.5. The fourth-order valence-electron chi connectivity index (χ4n) is 4.11. The van der Waals surface area contributed by atoms with Gasteiger partial charge in [-0.25, -0.2) is 0 Å². The molecule has 0 radical (unpaired) electrons. The maximum absolute atomic E-state index is 13.0. The van der Waals surface area contributed by atoms with Gasteiger partial charge in [0.1, 0.15) is 0 Å². The van der Waals surface area contributed by atoms with Crippen LogP contribution in [0.1, 0.15) is 45.8 Å². The van der Waals surface area contributed by atoms with Crippen molar-refractivity contribution in [3.63, 3.8) is 0 Å². The second-order valence-corrected chi connectivity index (χ2v) is 7.33. The molecule has 4 nitrogen and oxygen atoms in total. The number of hydrogen-bond donors (Lipinski definition) is 1. The molecule has 27 heavy (non-hydrogen) atoms. The molecule has 1 amide bonds. The van der Waals surface area contributed by atoms with Crippen LogP contribution in [0, 0.1) is 13.8 Å². The second kappa shape index (κ2) is 7.39. The summed E-state index contributed by atoms with van der Waals surface area (Å²) < 4.78 is 2.14. The highest BCUT2D eigenvalue weighted by atomic mass is 16.1. The predicted octanol–water partition coefficient (Wildman–Crippen LogP) is 4.17. The van der Waals surface area contributed by atoms with Crippen molar-refractivity contribution in [3.05, 3.63) is 82.9 Å². The molecule has 0 spiro atoms. The Morgan fingerprint density at radius 1 is 1.15 bits per heavy atom. The highest BCUT2D eigenvalue weighted by Crippen LogP contribution is 2.22. The first-order valence-electron chi connectivity index (χ1n) is 9.61. The molecular formula is C23H25N3O. The minimum Gasteiger partial charge on any atom is -0.349 e. The third kappa shape index (κ3) is 3.52. The number of rotatable bonds is 3. The Morgan fingerprint density at radius 3 is 2.78 bits per heavy atom. The third-order valence-corrected chi connectivity index (χ3v) is 5.45. The number of carbonyl (C=O) groups excluding carboxylic acids is 1. The van der Waals surface area contributed by atoms with E-state index in [0.717, 1.165) is 54.0 Å². The van der Waals surface area contributed by atoms with Crippen LogP contribution < -0.4 is 5.32 Å². The van der Waals surface area contributed by atoms with Gasteiger partial charge in [-0.3, -0.25) is 9.78 Å². The summed E-state index contributed by atoms with van der Waals surface area (Å²) in [6.45, 7) is 4.06. The Bertz CT molecular complexity index is 959. The molecule has 1 unspecified atom stereocenters. The molecule has 4 rings (SSSR count). The van der Waals surface area contributed by atoms with Crippen molar-refractivity contribution in [2.75, 3.05) is 0 Å². The smallest absolute Gasteiger partial charge is 0.253 e. The van der Waals surface area contributed by atoms with Gasteiger partial charge in [-0.05, 0) is 62.9 Å². The molecule has 3 aromatic rings. The SMILES string of the molecule is Cc1cc(C(=O)NC2CCCc3cccnc3C2)c(C)n1-c1ccccc1. The lowest BCUT2D eigenvalue weighted by Crippen LogP contribution is -2.36. The Balaban J connectivity index is 1.56. The Labute approximate surface area is 160 Å². The van der Waals surface area contributed by atoms with Gasteiger partial charge in [-0.2, -0.15) is 0 Å². The van der Waals surface area contributed by atoms with Gasteiger partial charge in [0.2, 0.25) is 0 Å². The molecule has 2 aromatic heterocycles. The summed E-state index contributed by atoms with van der Waals surface area (Å²) in [5.74, 6) is 0.00895. The molecule has 1 aromatic carbocycles. The first-order valence-corrected chi connectivity index (χ1v) is 9.61. The zero-order chi connectivity index (χ0) is 18.8. The van der Waals surface area contributed by atoms with Crippen LogP contribution in [0.2, 0.25) is 0 Å². The number of pyridine rings is 1. The van der Waals surface area contributed by atoms with Crippen LogP contribution in [0.25, 0.3) is 5.69 Å². The summed E-state index contributed by atoms with van der Waals surface area (Å²) in [6, 6.07) is 16.4. The molecule has 4 heteroatoms. The van der Waals surface area contributed by atoms with E-state index in [0.29, 0.717) is 0 Å². The maximum atomic E-state index is 13.0. The zero-order valence-corrected chi connectivity index (χ0v) is 15.9. The number of benzene rings is 1. The van der Waals surface area contributed by atoms with Gasteiger partial charge in [0, 0.05) is 41.4 Å². The van der Waals surface area contributed by atoms with Gasteiger partial charge < -0.3 is 9.88 Å². The second-order valence-electron chi connectivity index (χ2n) is 7.33. The van der Waals surface area contributed by atoms with E-state index in [9.17, 15) is 4.79 Å². The van der Waals surface area contributed by atoms with E-state index in [1.165, 1.54) is 5.56 Å². The fraction of sp³-hybridized carbons (Fsp3) is 0.304. The highest BCUT2D eigenvalue weighted by Gasteiger charge is 2.22. The predicted molar refractivity (Wildman–Crippen MR) is 107 cm³/mol. The Kier molecular flexibility index (Phi) is 4.80. The maximum Gasteiger partial charge on any atom is 0.253 e. The molecule has 1 aliphatic carbocycles. The van der Waals surface area contributed by atoms with Crippen molar-refractivity contribution >= 4 is 5.91 Å². The van der Waals surface area contributed by atoms with Gasteiger partial charge in [-0.15, -0.1) is 0 Å². The van der Waals surface area contributed by atoms with Crippen LogP contribution in [0.15, 0.2) is 54.7 Å². The number of carbonyl (C=O) groups is 1. The summed E-state index contributed by atoms with van der Waals surface area (Å²) in [5, 5.41) is 3.26. The van der Waals surface area contributed by atoms with Crippen LogP contribution in [0.4, 0.5) is 0 Å². The standard InChI is InChI=1S/C23H25N3O/c1-16-14-21(17(2)26(16)20-11-4-3-5-12-20)23(27)25-19-10-6-8-18-9-7-13-24-22(18)15-19/h3-5,7,9,11-14,19H,6,8,10,15H2,1-2H3,(H,25,27). The number of aromatic nitrogens is 2. The molecule has 2 heterocycles. The van der Waals surface area contributed by atoms with Crippen molar-refractivity contribution in [2.45, 2.75) is 45.6 Å². The van der Waals surface area contributed by atoms with Crippen molar-refractivity contribution in [2.24, 2.45) is 0 Å². The summed E-state index contributed by atoms with van der Waals surface area (Å²) in [5.41, 5.74) is 6.31.